The van der Waals surface area contributed by atoms with E-state index in [0.29, 0.717) is 45.9 Å². The molecule has 1 aromatic heterocycles. The number of allylic oxidation sites excluding steroid dienone is 4. The van der Waals surface area contributed by atoms with Crippen LogP contribution in [0.1, 0.15) is 15.9 Å². The first kappa shape index (κ1) is 50.0. The third kappa shape index (κ3) is 11.5. The summed E-state index contributed by atoms with van der Waals surface area (Å²) in [5, 5.41) is 29.5. The number of rotatable bonds is 12. The predicted molar refractivity (Wildman–Crippen MR) is 210 cm³/mol. The number of benzene rings is 4. The number of para-hydroxylation sites is 1. The van der Waals surface area contributed by atoms with Gasteiger partial charge < -0.3 is 35.0 Å². The van der Waals surface area contributed by atoms with Gasteiger partial charge >= 0.3 is 88.7 Å². The molecular weight excluding hydrogens is 878 g/mol. The topological polar surface area (TPSA) is 329 Å². The molecule has 0 atom stereocenters. The van der Waals surface area contributed by atoms with Crippen molar-refractivity contribution in [3.8, 4) is 11.4 Å². The molecule has 0 bridgehead atoms. The van der Waals surface area contributed by atoms with Crippen LogP contribution in [-0.4, -0.2) is 71.4 Å². The number of carboxylic acid groups (broad SMARTS) is 1. The second kappa shape index (κ2) is 20.7. The van der Waals surface area contributed by atoms with Crippen molar-refractivity contribution in [2.45, 2.75) is 4.90 Å². The van der Waals surface area contributed by atoms with E-state index in [1.54, 1.807) is 60.7 Å². The minimum absolute atomic E-state index is 0. The molecule has 0 unspecified atom stereocenters. The van der Waals surface area contributed by atoms with Gasteiger partial charge in [-0.25, -0.2) is 21.8 Å². The zero-order valence-electron chi connectivity index (χ0n) is 32.7. The van der Waals surface area contributed by atoms with Crippen molar-refractivity contribution in [2.24, 2.45) is 20.4 Å². The Bertz CT molecular complexity index is 3030. The van der Waals surface area contributed by atoms with E-state index < -0.39 is 76.5 Å². The molecule has 0 saturated carbocycles. The first-order chi connectivity index (χ1) is 28.0. The van der Waals surface area contributed by atoms with E-state index in [4.69, 9.17) is 5.73 Å². The fourth-order valence-corrected chi connectivity index (χ4v) is 7.08. The van der Waals surface area contributed by atoms with E-state index in [1.165, 1.54) is 30.4 Å². The molecule has 5 aromatic rings. The van der Waals surface area contributed by atoms with Crippen LogP contribution in [-0.2, 0) is 29.8 Å². The largest absolute Gasteiger partial charge is 1.00 e. The Morgan fingerprint density at radius 3 is 2.16 bits per heavy atom. The van der Waals surface area contributed by atoms with Crippen molar-refractivity contribution in [1.29, 1.82) is 0 Å². The molecule has 6 N–H and O–H groups in total. The molecule has 0 spiro atoms. The number of H-pyrrole nitrogens is 1. The van der Waals surface area contributed by atoms with Crippen LogP contribution in [0.3, 0.4) is 0 Å². The Morgan fingerprint density at radius 2 is 1.50 bits per heavy atom. The van der Waals surface area contributed by atoms with Gasteiger partial charge in [-0.1, -0.05) is 18.2 Å². The van der Waals surface area contributed by atoms with Gasteiger partial charge in [0, 0.05) is 11.6 Å². The van der Waals surface area contributed by atoms with Crippen molar-refractivity contribution >= 4 is 94.7 Å². The first-order valence-electron chi connectivity index (χ1n) is 16.8. The minimum Gasteiger partial charge on any atom is -0.744 e. The summed E-state index contributed by atoms with van der Waals surface area (Å²) in [6.07, 6.45) is 4.61. The number of azo groups is 1. The number of aliphatic carboxylic acids is 1. The molecule has 0 fully saturated rings. The molecule has 0 saturated heterocycles. The molecule has 62 heavy (non-hydrogen) atoms. The average Bonchev–Trinajstić information content (AvgIpc) is 3.62. The van der Waals surface area contributed by atoms with Gasteiger partial charge in [0.2, 0.25) is 5.78 Å². The Hall–Kier alpha value is -4.66. The number of anilines is 3. The standard InChI is InChI=1S/C37H28N10O10S2.3Na/c38-33-32-20(15-30(59(55,56)57)35(36(32)51)47-42-21-4-2-1-3-5-21)14-29(58(52,53)54)34(33)46-43-22-8-6-19(7-9-22)37-40-25-12-10-23(16-28(25)41-37)44-45-26-13-11-24(48)17-27(26)39-18-31(49)50;;;/h1-17,39,42,44H,18,38H2,(H,40,41)(H,49,50)(H,52,53,54)(H,55,56,57);;;/q;3*+1/p-3/b45-26-,46-43?,47-35+;;;. The first-order valence-corrected chi connectivity index (χ1v) is 19.6. The van der Waals surface area contributed by atoms with E-state index in [2.05, 4.69) is 46.6 Å². The number of nitrogens with two attached hydrogens (primary N) is 1. The summed E-state index contributed by atoms with van der Waals surface area (Å²) < 4.78 is 73.7. The second-order valence-corrected chi connectivity index (χ2v) is 15.2. The summed E-state index contributed by atoms with van der Waals surface area (Å²) in [4.78, 5) is 42.0. The van der Waals surface area contributed by atoms with Gasteiger partial charge in [-0.15, -0.1) is 5.11 Å². The molecule has 0 aliphatic heterocycles. The number of Topliss-reactive ketones (excluding diaryl/α,β-unsaturated/α-hetero) is 1. The van der Waals surface area contributed by atoms with Crippen LogP contribution in [0.4, 0.5) is 28.4 Å². The number of ketones is 2. The maximum absolute atomic E-state index is 13.7. The summed E-state index contributed by atoms with van der Waals surface area (Å²) in [6.45, 7) is -0.525. The van der Waals surface area contributed by atoms with Crippen LogP contribution in [0.25, 0.3) is 28.5 Å². The number of carbonyl (C=O) groups excluding carboxylic acids is 3. The maximum Gasteiger partial charge on any atom is 1.00 e. The van der Waals surface area contributed by atoms with E-state index in [1.807, 2.05) is 0 Å². The number of aromatic amines is 1. The zero-order valence-corrected chi connectivity index (χ0v) is 40.4. The third-order valence-corrected chi connectivity index (χ3v) is 10.2. The number of carbonyl (C=O) groups is 3. The quantitative estimate of drug-likeness (QED) is 0.0194. The molecule has 2 aliphatic rings. The van der Waals surface area contributed by atoms with Crippen LogP contribution in [0.2, 0.25) is 0 Å². The van der Waals surface area contributed by atoms with Crippen molar-refractivity contribution in [3.05, 3.63) is 119 Å². The fourth-order valence-electron chi connectivity index (χ4n) is 5.77. The van der Waals surface area contributed by atoms with Gasteiger partial charge in [-0.05, 0) is 84.5 Å². The van der Waals surface area contributed by atoms with Gasteiger partial charge in [0.15, 0.2) is 5.78 Å². The molecular formula is C37H25N10Na3O10S2. The molecule has 1 heterocycles. The van der Waals surface area contributed by atoms with Crippen LogP contribution in [0, 0.1) is 0 Å². The number of imidazole rings is 1. The van der Waals surface area contributed by atoms with Crippen LogP contribution < -0.4 is 116 Å². The Morgan fingerprint density at radius 1 is 0.806 bits per heavy atom. The summed E-state index contributed by atoms with van der Waals surface area (Å²) in [5.41, 5.74) is 11.8. The van der Waals surface area contributed by atoms with Crippen LogP contribution in [0.15, 0.2) is 133 Å². The Labute approximate surface area is 418 Å². The van der Waals surface area contributed by atoms with Gasteiger partial charge in [0.05, 0.1) is 67.4 Å². The number of carboxylic acids is 1. The Balaban J connectivity index is 0.00000282. The number of hydrazone groups is 2. The van der Waals surface area contributed by atoms with E-state index >= 15 is 0 Å². The van der Waals surface area contributed by atoms with Gasteiger partial charge in [-0.3, -0.25) is 20.4 Å². The summed E-state index contributed by atoms with van der Waals surface area (Å²) >= 11 is 0. The van der Waals surface area contributed by atoms with Gasteiger partial charge in [0.1, 0.15) is 43.2 Å². The normalized spacial score (nSPS) is 14.9. The molecule has 7 rings (SSSR count). The summed E-state index contributed by atoms with van der Waals surface area (Å²) in [6, 6.07) is 20.1. The average molecular weight is 903 g/mol. The number of fused-ring (bicyclic) bond motifs is 2. The van der Waals surface area contributed by atoms with Crippen molar-refractivity contribution in [1.82, 2.24) is 15.3 Å². The van der Waals surface area contributed by atoms with Crippen LogP contribution in [0.5, 0.6) is 0 Å². The van der Waals surface area contributed by atoms with Crippen molar-refractivity contribution in [2.75, 3.05) is 23.1 Å². The second-order valence-electron chi connectivity index (χ2n) is 12.5. The summed E-state index contributed by atoms with van der Waals surface area (Å²) in [5.74, 6) is -2.42. The smallest absolute Gasteiger partial charge is 0.744 e. The van der Waals surface area contributed by atoms with E-state index in [-0.39, 0.29) is 112 Å². The molecule has 0 amide bonds. The maximum atomic E-state index is 13.7. The molecule has 2 aliphatic carbocycles. The number of hydrogen-bond donors (Lipinski definition) is 5. The van der Waals surface area contributed by atoms with E-state index in [9.17, 15) is 45.4 Å². The fraction of sp³-hybridized carbons (Fsp3) is 0.0270. The predicted octanol–water partition coefficient (Wildman–Crippen LogP) is -6.18. The molecule has 0 radical (unpaired) electrons. The molecule has 20 nitrogen and oxygen atoms in total. The summed E-state index contributed by atoms with van der Waals surface area (Å²) in [7, 11) is -10.7. The minimum atomic E-state index is -5.36. The number of nitrogens with one attached hydrogen (secondary N) is 4. The van der Waals surface area contributed by atoms with E-state index in [0.717, 1.165) is 0 Å². The zero-order chi connectivity index (χ0) is 42.1. The Kier molecular flexibility index (Phi) is 16.7. The van der Waals surface area contributed by atoms with Crippen LogP contribution >= 0.6 is 0 Å². The van der Waals surface area contributed by atoms with Gasteiger partial charge in [-0.2, -0.15) is 15.3 Å². The molecule has 298 valence electrons. The molecule has 25 heteroatoms. The van der Waals surface area contributed by atoms with Crippen molar-refractivity contribution < 1.29 is 134 Å². The monoisotopic (exact) mass is 902 g/mol. The number of hydrogen-bond acceptors (Lipinski definition) is 19. The SMILES string of the molecule is Nc1c(N=Nc2ccc(-c3nc4ccc(N/N=C5/C=CC(=O)C=C5NCC(=O)[O-])cc4[nH]3)cc2)c(S(=O)(=O)[O-])cc2c1C(=O)/C(=N/Nc1ccccc1)C(S(=O)(=O)[O-])=C2.[Na+].[Na+].[Na+]. The third-order valence-electron chi connectivity index (χ3n) is 8.49. The molecule has 4 aromatic carbocycles. The number of nitrogen functional groups attached to an aromatic ring is 1. The number of aromatic nitrogens is 2. The number of nitrogens with zero attached hydrogens (tertiary/aromatic N) is 5. The van der Waals surface area contributed by atoms with Crippen molar-refractivity contribution in [3.63, 3.8) is 0 Å². The van der Waals surface area contributed by atoms with Gasteiger partial charge in [0.25, 0.3) is 0 Å².